The number of benzene rings is 1. The molecule has 0 saturated heterocycles. The molecule has 2 heterocycles. The van der Waals surface area contributed by atoms with Crippen LogP contribution in [0.4, 0.5) is 5.13 Å². The van der Waals surface area contributed by atoms with Crippen LogP contribution in [-0.4, -0.2) is 24.0 Å². The normalized spacial score (nSPS) is 10.6. The van der Waals surface area contributed by atoms with Crippen LogP contribution in [0.5, 0.6) is 0 Å². The Bertz CT molecular complexity index is 948. The van der Waals surface area contributed by atoms with E-state index in [1.807, 2.05) is 6.07 Å². The van der Waals surface area contributed by atoms with E-state index in [-0.39, 0.29) is 18.3 Å². The zero-order valence-electron chi connectivity index (χ0n) is 13.4. The van der Waals surface area contributed by atoms with Crippen LogP contribution < -0.4 is 5.32 Å². The molecule has 5 nitrogen and oxygen atoms in total. The first kappa shape index (κ1) is 18.8. The Kier molecular flexibility index (Phi) is 5.93. The van der Waals surface area contributed by atoms with Crippen molar-refractivity contribution >= 4 is 62.9 Å². The molecule has 0 aliphatic rings. The number of thiazole rings is 1. The molecule has 3 rings (SSSR count). The fourth-order valence-electron chi connectivity index (χ4n) is 2.14. The van der Waals surface area contributed by atoms with Gasteiger partial charge in [0, 0.05) is 20.3 Å². The van der Waals surface area contributed by atoms with E-state index >= 15 is 0 Å². The van der Waals surface area contributed by atoms with E-state index in [4.69, 9.17) is 23.2 Å². The summed E-state index contributed by atoms with van der Waals surface area (Å²) in [6.45, 7) is 0. The van der Waals surface area contributed by atoms with Crippen molar-refractivity contribution < 1.29 is 14.3 Å². The number of aromatic nitrogens is 1. The minimum Gasteiger partial charge on any atom is -0.469 e. The van der Waals surface area contributed by atoms with Crippen LogP contribution in [-0.2, 0) is 16.0 Å². The second kappa shape index (κ2) is 8.18. The fraction of sp³-hybridized carbons (Fsp3) is 0.118. The molecule has 1 N–H and O–H groups in total. The summed E-state index contributed by atoms with van der Waals surface area (Å²) in [6, 6.07) is 8.81. The first-order chi connectivity index (χ1) is 12.4. The Hall–Kier alpha value is -1.93. The van der Waals surface area contributed by atoms with Gasteiger partial charge in [0.25, 0.3) is 5.91 Å². The molecule has 0 unspecified atom stereocenters. The average Bonchev–Trinajstić information content (AvgIpc) is 3.23. The molecule has 2 aromatic heterocycles. The predicted octanol–water partition coefficient (Wildman–Crippen LogP) is 5.15. The summed E-state index contributed by atoms with van der Waals surface area (Å²) < 4.78 is 4.60. The Morgan fingerprint density at radius 2 is 1.92 bits per heavy atom. The lowest BCUT2D eigenvalue weighted by Gasteiger charge is -2.00. The standard InChI is InChI=1S/C17H12Cl2N2O3S2/c1-24-15(22)7-12-8-25-17(20-12)21-16(23)14-3-2-13(26-14)9-4-10(18)6-11(19)5-9/h2-6,8H,7H2,1H3,(H,20,21,23). The maximum Gasteiger partial charge on any atom is 0.311 e. The van der Waals surface area contributed by atoms with E-state index in [1.54, 1.807) is 29.6 Å². The number of halogens is 2. The molecule has 0 aliphatic carbocycles. The van der Waals surface area contributed by atoms with Gasteiger partial charge in [-0.1, -0.05) is 23.2 Å². The van der Waals surface area contributed by atoms with Gasteiger partial charge in [-0.3, -0.25) is 14.9 Å². The van der Waals surface area contributed by atoms with Gasteiger partial charge in [0.1, 0.15) is 0 Å². The van der Waals surface area contributed by atoms with Gasteiger partial charge in [0.05, 0.1) is 24.1 Å². The highest BCUT2D eigenvalue weighted by Gasteiger charge is 2.14. The number of anilines is 1. The quantitative estimate of drug-likeness (QED) is 0.572. The lowest BCUT2D eigenvalue weighted by molar-refractivity contribution is -0.139. The van der Waals surface area contributed by atoms with Gasteiger partial charge < -0.3 is 4.74 Å². The number of ether oxygens (including phenoxy) is 1. The van der Waals surface area contributed by atoms with Crippen molar-refractivity contribution in [1.82, 2.24) is 4.98 Å². The Morgan fingerprint density at radius 3 is 2.62 bits per heavy atom. The van der Waals surface area contributed by atoms with E-state index < -0.39 is 0 Å². The van der Waals surface area contributed by atoms with Gasteiger partial charge in [-0.25, -0.2) is 4.98 Å². The van der Waals surface area contributed by atoms with Crippen LogP contribution in [0.15, 0.2) is 35.7 Å². The molecule has 9 heteroatoms. The van der Waals surface area contributed by atoms with Gasteiger partial charge in [0.2, 0.25) is 0 Å². The molecule has 1 amide bonds. The summed E-state index contributed by atoms with van der Waals surface area (Å²) in [7, 11) is 1.32. The molecule has 3 aromatic rings. The molecule has 134 valence electrons. The lowest BCUT2D eigenvalue weighted by atomic mass is 10.2. The molecular formula is C17H12Cl2N2O3S2. The summed E-state index contributed by atoms with van der Waals surface area (Å²) in [4.78, 5) is 29.3. The highest BCUT2D eigenvalue weighted by atomic mass is 35.5. The van der Waals surface area contributed by atoms with Gasteiger partial charge in [-0.05, 0) is 35.9 Å². The number of esters is 1. The van der Waals surface area contributed by atoms with Crippen molar-refractivity contribution in [2.75, 3.05) is 12.4 Å². The molecule has 26 heavy (non-hydrogen) atoms. The molecule has 0 saturated carbocycles. The monoisotopic (exact) mass is 426 g/mol. The van der Waals surface area contributed by atoms with Crippen LogP contribution in [0.3, 0.4) is 0 Å². The van der Waals surface area contributed by atoms with E-state index in [2.05, 4.69) is 15.0 Å². The van der Waals surface area contributed by atoms with Crippen LogP contribution in [0.1, 0.15) is 15.4 Å². The van der Waals surface area contributed by atoms with E-state index in [0.717, 1.165) is 10.4 Å². The topological polar surface area (TPSA) is 68.3 Å². The summed E-state index contributed by atoms with van der Waals surface area (Å²) in [5.74, 6) is -0.649. The molecule has 0 aliphatic heterocycles. The molecule has 0 spiro atoms. The second-order valence-corrected chi connectivity index (χ2v) is 7.99. The minimum absolute atomic E-state index is 0.0710. The molecule has 0 atom stereocenters. The van der Waals surface area contributed by atoms with Crippen LogP contribution in [0, 0.1) is 0 Å². The molecule has 1 aromatic carbocycles. The fourth-order valence-corrected chi connectivity index (χ4v) is 4.26. The van der Waals surface area contributed by atoms with E-state index in [0.29, 0.717) is 25.7 Å². The average molecular weight is 427 g/mol. The Morgan fingerprint density at radius 1 is 1.19 bits per heavy atom. The number of rotatable bonds is 5. The maximum atomic E-state index is 12.4. The second-order valence-electron chi connectivity index (χ2n) is 5.17. The number of carbonyl (C=O) groups excluding carboxylic acids is 2. The minimum atomic E-state index is -0.378. The zero-order valence-corrected chi connectivity index (χ0v) is 16.6. The SMILES string of the molecule is COC(=O)Cc1csc(NC(=O)c2ccc(-c3cc(Cl)cc(Cl)c3)s2)n1. The smallest absolute Gasteiger partial charge is 0.311 e. The zero-order chi connectivity index (χ0) is 18.7. The van der Waals surface area contributed by atoms with Crippen molar-refractivity contribution in [1.29, 1.82) is 0 Å². The van der Waals surface area contributed by atoms with Gasteiger partial charge in [0.15, 0.2) is 5.13 Å². The van der Waals surface area contributed by atoms with Gasteiger partial charge in [-0.2, -0.15) is 0 Å². The number of nitrogens with one attached hydrogen (secondary N) is 1. The first-order valence-electron chi connectivity index (χ1n) is 7.33. The van der Waals surface area contributed by atoms with E-state index in [1.165, 1.54) is 29.8 Å². The van der Waals surface area contributed by atoms with Crippen molar-refractivity contribution in [3.63, 3.8) is 0 Å². The van der Waals surface area contributed by atoms with Crippen molar-refractivity contribution in [2.24, 2.45) is 0 Å². The molecule has 0 fully saturated rings. The third-order valence-electron chi connectivity index (χ3n) is 3.30. The molecule has 0 radical (unpaired) electrons. The lowest BCUT2D eigenvalue weighted by Crippen LogP contribution is -2.10. The highest BCUT2D eigenvalue weighted by Crippen LogP contribution is 2.32. The highest BCUT2D eigenvalue weighted by molar-refractivity contribution is 7.17. The Balaban J connectivity index is 1.71. The van der Waals surface area contributed by atoms with Gasteiger partial charge >= 0.3 is 5.97 Å². The number of amides is 1. The van der Waals surface area contributed by atoms with E-state index in [9.17, 15) is 9.59 Å². The van der Waals surface area contributed by atoms with Crippen molar-refractivity contribution in [2.45, 2.75) is 6.42 Å². The third-order valence-corrected chi connectivity index (χ3v) is 5.68. The molecular weight excluding hydrogens is 415 g/mol. The predicted molar refractivity (Wildman–Crippen MR) is 106 cm³/mol. The number of hydrogen-bond donors (Lipinski definition) is 1. The van der Waals surface area contributed by atoms with Crippen molar-refractivity contribution in [3.05, 3.63) is 56.3 Å². The number of nitrogens with zero attached hydrogens (tertiary/aromatic N) is 1. The number of carbonyl (C=O) groups is 2. The summed E-state index contributed by atoms with van der Waals surface area (Å²) >= 11 is 14.6. The Labute approximate surface area is 167 Å². The number of thiophene rings is 1. The summed E-state index contributed by atoms with van der Waals surface area (Å²) in [5.41, 5.74) is 1.40. The van der Waals surface area contributed by atoms with Crippen molar-refractivity contribution in [3.8, 4) is 10.4 Å². The summed E-state index contributed by atoms with van der Waals surface area (Å²) in [6.07, 6.45) is 0.0710. The molecule has 0 bridgehead atoms. The number of hydrogen-bond acceptors (Lipinski definition) is 6. The third kappa shape index (κ3) is 4.62. The number of methoxy groups -OCH3 is 1. The van der Waals surface area contributed by atoms with Gasteiger partial charge in [-0.15, -0.1) is 22.7 Å². The summed E-state index contributed by atoms with van der Waals surface area (Å²) in [5, 5.41) is 5.94. The van der Waals surface area contributed by atoms with Crippen LogP contribution in [0.25, 0.3) is 10.4 Å². The first-order valence-corrected chi connectivity index (χ1v) is 9.78. The maximum absolute atomic E-state index is 12.4. The largest absolute Gasteiger partial charge is 0.469 e. The van der Waals surface area contributed by atoms with Crippen LogP contribution >= 0.6 is 45.9 Å². The van der Waals surface area contributed by atoms with Crippen LogP contribution in [0.2, 0.25) is 10.0 Å².